The minimum Gasteiger partial charge on any atom is -0.319 e. The smallest absolute Gasteiger partial charge is 0.319 e. The first kappa shape index (κ1) is 16.9. The summed E-state index contributed by atoms with van der Waals surface area (Å²) in [4.78, 5) is -0.0642. The predicted molar refractivity (Wildman–Crippen MR) is 71.8 cm³/mol. The second kappa shape index (κ2) is 11.0. The molecule has 0 radical (unpaired) electrons. The topological polar surface area (TPSA) is 87.6 Å². The quantitative estimate of drug-likeness (QED) is 0.263. The molecule has 96 valence electrons. The Morgan fingerprint density at radius 3 is 1.69 bits per heavy atom. The predicted octanol–water partition coefficient (Wildman–Crippen LogP) is 2.60. The zero-order valence-corrected chi connectivity index (χ0v) is 13.0. The Kier molecular flexibility index (Phi) is 11.6. The van der Waals surface area contributed by atoms with Gasteiger partial charge in [0.15, 0.2) is 0 Å². The average molecular weight is 381 g/mol. The van der Waals surface area contributed by atoms with Crippen LogP contribution in [0.4, 0.5) is 0 Å². The molecule has 0 bridgehead atoms. The van der Waals surface area contributed by atoms with Crippen molar-refractivity contribution in [2.45, 2.75) is 35.6 Å². The molecule has 0 spiro atoms. The van der Waals surface area contributed by atoms with Gasteiger partial charge in [-0.2, -0.15) is 0 Å². The number of nitrogens with two attached hydrogens (primary N) is 2. The molecule has 0 amide bonds. The maximum absolute atomic E-state index is 11.2. The van der Waals surface area contributed by atoms with Crippen LogP contribution < -0.4 is 11.5 Å². The molecule has 0 aromatic rings. The van der Waals surface area contributed by atoms with Crippen LogP contribution in [0.1, 0.15) is 25.7 Å². The van der Waals surface area contributed by atoms with Crippen LogP contribution >= 0.6 is 40.1 Å². The Labute approximate surface area is 114 Å². The molecule has 0 aromatic heterocycles. The molecule has 0 aliphatic rings. The van der Waals surface area contributed by atoms with Gasteiger partial charge in [-0.25, -0.2) is 0 Å². The molecule has 2 unspecified atom stereocenters. The molecular weight excluding hydrogens is 363 g/mol. The summed E-state index contributed by atoms with van der Waals surface area (Å²) in [6, 6.07) is 0. The van der Waals surface area contributed by atoms with E-state index in [4.69, 9.17) is 20.5 Å². The summed E-state index contributed by atoms with van der Waals surface area (Å²) in [5.41, 5.74) is 11.0. The standard InChI is InChI=1S/C8H18Br2N2O3P/c9-7(11)3-1-5-14-16(13)15-6-2-4-8(10)12/h7-8H,1-6,11-12H2/q+1. The van der Waals surface area contributed by atoms with Crippen LogP contribution in [0.25, 0.3) is 0 Å². The zero-order chi connectivity index (χ0) is 12.4. The molecule has 4 N–H and O–H groups in total. The van der Waals surface area contributed by atoms with Gasteiger partial charge < -0.3 is 11.5 Å². The summed E-state index contributed by atoms with van der Waals surface area (Å²) < 4.78 is 21.1. The summed E-state index contributed by atoms with van der Waals surface area (Å²) in [5, 5.41) is 0. The molecule has 0 heterocycles. The molecule has 0 fully saturated rings. The van der Waals surface area contributed by atoms with E-state index in [-0.39, 0.29) is 9.90 Å². The average Bonchev–Trinajstić information content (AvgIpc) is 2.19. The van der Waals surface area contributed by atoms with Crippen molar-refractivity contribution in [2.24, 2.45) is 11.5 Å². The maximum Gasteiger partial charge on any atom is 0.697 e. The van der Waals surface area contributed by atoms with Gasteiger partial charge in [-0.3, -0.25) is 0 Å². The molecule has 0 aliphatic carbocycles. The molecule has 0 aromatic carbocycles. The first-order valence-corrected chi connectivity index (χ1v) is 7.97. The molecule has 16 heavy (non-hydrogen) atoms. The van der Waals surface area contributed by atoms with Crippen LogP contribution in [0, 0.1) is 0 Å². The van der Waals surface area contributed by atoms with Crippen molar-refractivity contribution in [3.05, 3.63) is 0 Å². The molecule has 0 saturated carbocycles. The summed E-state index contributed by atoms with van der Waals surface area (Å²) >= 11 is 6.42. The lowest BCUT2D eigenvalue weighted by atomic mass is 10.3. The fourth-order valence-corrected chi connectivity index (χ4v) is 2.15. The number of rotatable bonds is 10. The summed E-state index contributed by atoms with van der Waals surface area (Å²) in [6.07, 6.45) is 3.06. The highest BCUT2D eigenvalue weighted by molar-refractivity contribution is 9.09. The van der Waals surface area contributed by atoms with Crippen LogP contribution in [-0.4, -0.2) is 23.1 Å². The molecule has 8 heteroatoms. The van der Waals surface area contributed by atoms with Crippen LogP contribution in [0.5, 0.6) is 0 Å². The third-order valence-corrected chi connectivity index (χ3v) is 3.34. The Bertz CT molecular complexity index is 178. The second-order valence-electron chi connectivity index (χ2n) is 3.21. The highest BCUT2D eigenvalue weighted by atomic mass is 79.9. The van der Waals surface area contributed by atoms with Crippen molar-refractivity contribution in [1.82, 2.24) is 0 Å². The Morgan fingerprint density at radius 1 is 1.00 bits per heavy atom. The van der Waals surface area contributed by atoms with Crippen molar-refractivity contribution in [2.75, 3.05) is 13.2 Å². The van der Waals surface area contributed by atoms with Crippen LogP contribution in [0.2, 0.25) is 0 Å². The largest absolute Gasteiger partial charge is 0.697 e. The third-order valence-electron chi connectivity index (χ3n) is 1.64. The molecule has 2 atom stereocenters. The Balaban J connectivity index is 3.25. The monoisotopic (exact) mass is 379 g/mol. The highest BCUT2D eigenvalue weighted by Gasteiger charge is 2.19. The zero-order valence-electron chi connectivity index (χ0n) is 8.98. The molecular formula is C8H18Br2N2O3P+. The van der Waals surface area contributed by atoms with Gasteiger partial charge in [-0.05, 0) is 25.7 Å². The van der Waals surface area contributed by atoms with E-state index in [1.807, 2.05) is 0 Å². The van der Waals surface area contributed by atoms with Crippen molar-refractivity contribution in [1.29, 1.82) is 0 Å². The van der Waals surface area contributed by atoms with Gasteiger partial charge in [0.1, 0.15) is 13.2 Å². The fourth-order valence-electron chi connectivity index (χ4n) is 0.872. The number of hydrogen-bond donors (Lipinski definition) is 2. The lowest BCUT2D eigenvalue weighted by Crippen LogP contribution is -2.11. The second-order valence-corrected chi connectivity index (χ2v) is 6.52. The first-order valence-electron chi connectivity index (χ1n) is 5.04. The normalized spacial score (nSPS) is 15.9. The fraction of sp³-hybridized carbons (Fsp3) is 1.00. The van der Waals surface area contributed by atoms with Crippen molar-refractivity contribution >= 4 is 40.1 Å². The summed E-state index contributed by atoms with van der Waals surface area (Å²) in [7, 11) is -2.00. The lowest BCUT2D eigenvalue weighted by Gasteiger charge is -1.99. The van der Waals surface area contributed by atoms with Crippen LogP contribution in [0.3, 0.4) is 0 Å². The summed E-state index contributed by atoms with van der Waals surface area (Å²) in [6.45, 7) is 0.791. The van der Waals surface area contributed by atoms with Gasteiger partial charge in [-0.1, -0.05) is 31.9 Å². The SMILES string of the molecule is NC(Br)CCCO[P+](=O)OCCCC(N)Br. The number of alkyl halides is 2. The third kappa shape index (κ3) is 13.0. The number of hydrogen-bond acceptors (Lipinski definition) is 5. The molecule has 5 nitrogen and oxygen atoms in total. The van der Waals surface area contributed by atoms with Crippen molar-refractivity contribution in [3.8, 4) is 0 Å². The van der Waals surface area contributed by atoms with Gasteiger partial charge in [0.05, 0.1) is 9.90 Å². The van der Waals surface area contributed by atoms with E-state index in [2.05, 4.69) is 31.9 Å². The van der Waals surface area contributed by atoms with Gasteiger partial charge in [0.25, 0.3) is 0 Å². The van der Waals surface area contributed by atoms with Gasteiger partial charge in [0, 0.05) is 4.57 Å². The Morgan fingerprint density at radius 2 is 1.38 bits per heavy atom. The minimum atomic E-state index is -2.00. The maximum atomic E-state index is 11.2. The molecule has 0 saturated heterocycles. The van der Waals surface area contributed by atoms with Gasteiger partial charge in [0.2, 0.25) is 0 Å². The van der Waals surface area contributed by atoms with E-state index in [1.54, 1.807) is 0 Å². The van der Waals surface area contributed by atoms with E-state index in [1.165, 1.54) is 0 Å². The van der Waals surface area contributed by atoms with Crippen molar-refractivity contribution < 1.29 is 13.6 Å². The minimum absolute atomic E-state index is 0.0321. The van der Waals surface area contributed by atoms with Crippen molar-refractivity contribution in [3.63, 3.8) is 0 Å². The van der Waals surface area contributed by atoms with Gasteiger partial charge in [-0.15, -0.1) is 9.05 Å². The highest BCUT2D eigenvalue weighted by Crippen LogP contribution is 2.24. The first-order chi connectivity index (χ1) is 7.52. The lowest BCUT2D eigenvalue weighted by molar-refractivity contribution is 0.219. The molecule has 0 aliphatic heterocycles. The van der Waals surface area contributed by atoms with E-state index >= 15 is 0 Å². The van der Waals surface area contributed by atoms with E-state index in [0.29, 0.717) is 13.2 Å². The van der Waals surface area contributed by atoms with E-state index in [0.717, 1.165) is 25.7 Å². The van der Waals surface area contributed by atoms with E-state index in [9.17, 15) is 4.57 Å². The summed E-state index contributed by atoms with van der Waals surface area (Å²) in [5.74, 6) is 0. The Hall–Kier alpha value is 0.900. The molecule has 0 rings (SSSR count). The van der Waals surface area contributed by atoms with E-state index < -0.39 is 8.25 Å². The van der Waals surface area contributed by atoms with Crippen LogP contribution in [-0.2, 0) is 13.6 Å². The van der Waals surface area contributed by atoms with Gasteiger partial charge >= 0.3 is 8.25 Å². The number of halogens is 2. The van der Waals surface area contributed by atoms with Crippen LogP contribution in [0.15, 0.2) is 0 Å².